The van der Waals surface area contributed by atoms with Crippen molar-refractivity contribution in [3.05, 3.63) is 42.4 Å². The van der Waals surface area contributed by atoms with Crippen molar-refractivity contribution in [2.24, 2.45) is 0 Å². The number of nitrogens with zero attached hydrogens (tertiary/aromatic N) is 2. The Morgan fingerprint density at radius 2 is 2.12 bits per heavy atom. The van der Waals surface area contributed by atoms with Crippen molar-refractivity contribution in [3.8, 4) is 17.0 Å². The molecule has 86 valence electrons. The van der Waals surface area contributed by atoms with Crippen LogP contribution >= 0.6 is 0 Å². The van der Waals surface area contributed by atoms with Crippen LogP contribution in [0.1, 0.15) is 11.5 Å². The van der Waals surface area contributed by atoms with Crippen molar-refractivity contribution in [1.29, 1.82) is 0 Å². The summed E-state index contributed by atoms with van der Waals surface area (Å²) in [6.45, 7) is 1.91. The number of hydrogen-bond donors (Lipinski definition) is 2. The van der Waals surface area contributed by atoms with Crippen molar-refractivity contribution < 1.29 is 5.11 Å². The van der Waals surface area contributed by atoms with E-state index in [1.165, 1.54) is 0 Å². The molecule has 1 aromatic carbocycles. The predicted molar refractivity (Wildman–Crippen MR) is 64.7 cm³/mol. The molecule has 0 saturated carbocycles. The molecule has 1 aliphatic rings. The van der Waals surface area contributed by atoms with E-state index in [2.05, 4.69) is 21.4 Å². The van der Waals surface area contributed by atoms with Crippen LogP contribution in [0.2, 0.25) is 0 Å². The molecule has 1 fully saturated rings. The van der Waals surface area contributed by atoms with Gasteiger partial charge in [-0.25, -0.2) is 0 Å². The highest BCUT2D eigenvalue weighted by atomic mass is 16.3. The summed E-state index contributed by atoms with van der Waals surface area (Å²) in [6, 6.07) is 5.62. The second-order valence-electron chi connectivity index (χ2n) is 4.19. The molecule has 1 aromatic heterocycles. The van der Waals surface area contributed by atoms with Crippen LogP contribution in [0.4, 0.5) is 0 Å². The highest BCUT2D eigenvalue weighted by Gasteiger charge is 2.24. The van der Waals surface area contributed by atoms with E-state index in [4.69, 9.17) is 0 Å². The molecule has 0 aliphatic carbocycles. The van der Waals surface area contributed by atoms with Gasteiger partial charge >= 0.3 is 0 Å². The minimum Gasteiger partial charge on any atom is -0.507 e. The molecule has 1 saturated heterocycles. The SMILES string of the molecule is Oc1cccc(C2CNC2)c1-c1cnccn1. The number of rotatable bonds is 2. The van der Waals surface area contributed by atoms with E-state index in [1.807, 2.05) is 6.07 Å². The molecule has 4 nitrogen and oxygen atoms in total. The lowest BCUT2D eigenvalue weighted by atomic mass is 9.88. The van der Waals surface area contributed by atoms with E-state index in [0.29, 0.717) is 5.92 Å². The normalized spacial score (nSPS) is 15.5. The van der Waals surface area contributed by atoms with Crippen molar-refractivity contribution in [1.82, 2.24) is 15.3 Å². The van der Waals surface area contributed by atoms with Crippen LogP contribution in [0.5, 0.6) is 5.75 Å². The van der Waals surface area contributed by atoms with E-state index in [-0.39, 0.29) is 5.75 Å². The van der Waals surface area contributed by atoms with Crippen molar-refractivity contribution in [2.45, 2.75) is 5.92 Å². The molecular formula is C13H13N3O. The average molecular weight is 227 g/mol. The second kappa shape index (κ2) is 4.14. The second-order valence-corrected chi connectivity index (χ2v) is 4.19. The third kappa shape index (κ3) is 1.76. The molecular weight excluding hydrogens is 214 g/mol. The number of aromatic hydroxyl groups is 1. The summed E-state index contributed by atoms with van der Waals surface area (Å²) in [5.74, 6) is 0.731. The topological polar surface area (TPSA) is 58.0 Å². The van der Waals surface area contributed by atoms with E-state index in [1.54, 1.807) is 24.7 Å². The molecule has 0 unspecified atom stereocenters. The Hall–Kier alpha value is -1.94. The first kappa shape index (κ1) is 10.2. The largest absolute Gasteiger partial charge is 0.507 e. The molecule has 0 amide bonds. The molecule has 0 atom stereocenters. The van der Waals surface area contributed by atoms with Gasteiger partial charge in [-0.1, -0.05) is 12.1 Å². The molecule has 2 N–H and O–H groups in total. The van der Waals surface area contributed by atoms with E-state index < -0.39 is 0 Å². The molecule has 0 bridgehead atoms. The van der Waals surface area contributed by atoms with Crippen molar-refractivity contribution in [2.75, 3.05) is 13.1 Å². The minimum absolute atomic E-state index is 0.273. The molecule has 1 aliphatic heterocycles. The molecule has 2 heterocycles. The van der Waals surface area contributed by atoms with E-state index >= 15 is 0 Å². The zero-order valence-corrected chi connectivity index (χ0v) is 9.30. The van der Waals surface area contributed by atoms with Gasteiger partial charge < -0.3 is 10.4 Å². The third-order valence-corrected chi connectivity index (χ3v) is 3.12. The summed E-state index contributed by atoms with van der Waals surface area (Å²) in [5, 5.41) is 13.3. The Balaban J connectivity index is 2.13. The maximum absolute atomic E-state index is 10.0. The van der Waals surface area contributed by atoms with Crippen molar-refractivity contribution in [3.63, 3.8) is 0 Å². The summed E-state index contributed by atoms with van der Waals surface area (Å²) in [5.41, 5.74) is 2.68. The van der Waals surface area contributed by atoms with Gasteiger partial charge in [0.15, 0.2) is 0 Å². The lowest BCUT2D eigenvalue weighted by Gasteiger charge is -2.29. The highest BCUT2D eigenvalue weighted by Crippen LogP contribution is 2.36. The molecule has 4 heteroatoms. The molecule has 0 spiro atoms. The smallest absolute Gasteiger partial charge is 0.125 e. The number of benzene rings is 1. The zero-order chi connectivity index (χ0) is 11.7. The first-order valence-corrected chi connectivity index (χ1v) is 5.65. The fourth-order valence-electron chi connectivity index (χ4n) is 2.11. The number of phenolic OH excluding ortho intramolecular Hbond substituents is 1. The van der Waals surface area contributed by atoms with Crippen LogP contribution in [0.15, 0.2) is 36.8 Å². The standard InChI is InChI=1S/C13H13N3O/c17-12-3-1-2-10(9-6-15-7-9)13(12)11-8-14-4-5-16-11/h1-5,8-9,15,17H,6-7H2. The highest BCUT2D eigenvalue weighted by molar-refractivity contribution is 5.71. The fraction of sp³-hybridized carbons (Fsp3) is 0.231. The van der Waals surface area contributed by atoms with Gasteiger partial charge in [-0.3, -0.25) is 9.97 Å². The van der Waals surface area contributed by atoms with Gasteiger partial charge in [-0.2, -0.15) is 0 Å². The quantitative estimate of drug-likeness (QED) is 0.817. The predicted octanol–water partition coefficient (Wildman–Crippen LogP) is 1.54. The summed E-state index contributed by atoms with van der Waals surface area (Å²) in [6.07, 6.45) is 4.96. The van der Waals surface area contributed by atoms with Gasteiger partial charge in [0.2, 0.25) is 0 Å². The third-order valence-electron chi connectivity index (χ3n) is 3.12. The lowest BCUT2D eigenvalue weighted by Crippen LogP contribution is -2.40. The maximum atomic E-state index is 10.0. The Labute approximate surface area is 99.4 Å². The van der Waals surface area contributed by atoms with Crippen LogP contribution in [-0.4, -0.2) is 28.2 Å². The lowest BCUT2D eigenvalue weighted by molar-refractivity contribution is 0.443. The number of aromatic nitrogens is 2. The average Bonchev–Trinajstić information content (AvgIpc) is 2.28. The van der Waals surface area contributed by atoms with E-state index in [0.717, 1.165) is 29.9 Å². The van der Waals surface area contributed by atoms with Gasteiger partial charge in [-0.15, -0.1) is 0 Å². The first-order valence-electron chi connectivity index (χ1n) is 5.65. The molecule has 17 heavy (non-hydrogen) atoms. The molecule has 0 radical (unpaired) electrons. The minimum atomic E-state index is 0.273. The van der Waals surface area contributed by atoms with Gasteiger partial charge in [0.25, 0.3) is 0 Å². The van der Waals surface area contributed by atoms with Gasteiger partial charge in [0.05, 0.1) is 11.9 Å². The van der Waals surface area contributed by atoms with Crippen LogP contribution in [0.3, 0.4) is 0 Å². The molecule has 3 rings (SSSR count). The van der Waals surface area contributed by atoms with Crippen LogP contribution in [0, 0.1) is 0 Å². The van der Waals surface area contributed by atoms with Crippen LogP contribution in [-0.2, 0) is 0 Å². The van der Waals surface area contributed by atoms with Crippen LogP contribution in [0.25, 0.3) is 11.3 Å². The van der Waals surface area contributed by atoms with Gasteiger partial charge in [0.1, 0.15) is 5.75 Å². The summed E-state index contributed by atoms with van der Waals surface area (Å²) < 4.78 is 0. The molecule has 2 aromatic rings. The Morgan fingerprint density at radius 1 is 1.24 bits per heavy atom. The van der Waals surface area contributed by atoms with Gasteiger partial charge in [0, 0.05) is 37.0 Å². The Bertz CT molecular complexity index is 523. The summed E-state index contributed by atoms with van der Waals surface area (Å²) >= 11 is 0. The van der Waals surface area contributed by atoms with Crippen LogP contribution < -0.4 is 5.32 Å². The summed E-state index contributed by atoms with van der Waals surface area (Å²) in [4.78, 5) is 8.33. The monoisotopic (exact) mass is 227 g/mol. The zero-order valence-electron chi connectivity index (χ0n) is 9.30. The van der Waals surface area contributed by atoms with Crippen molar-refractivity contribution >= 4 is 0 Å². The number of phenols is 1. The van der Waals surface area contributed by atoms with E-state index in [9.17, 15) is 5.11 Å². The number of hydrogen-bond acceptors (Lipinski definition) is 4. The number of nitrogens with one attached hydrogen (secondary N) is 1. The van der Waals surface area contributed by atoms with Gasteiger partial charge in [-0.05, 0) is 11.6 Å². The Morgan fingerprint density at radius 3 is 2.76 bits per heavy atom. The summed E-state index contributed by atoms with van der Waals surface area (Å²) in [7, 11) is 0. The Kier molecular flexibility index (Phi) is 2.49. The first-order chi connectivity index (χ1) is 8.36. The maximum Gasteiger partial charge on any atom is 0.125 e. The fourth-order valence-corrected chi connectivity index (χ4v) is 2.11.